The number of nitrogens with two attached hydrogens (primary N) is 2. The zero-order valence-corrected chi connectivity index (χ0v) is 27.0. The molecule has 14 nitrogen and oxygen atoms in total. The van der Waals surface area contributed by atoms with Gasteiger partial charge in [0.05, 0.1) is 49.0 Å². The molecule has 2 aromatic heterocycles. The number of fused-ring (bicyclic) bond motifs is 1. The van der Waals surface area contributed by atoms with Gasteiger partial charge in [0.2, 0.25) is 0 Å². The number of nitrogens with zero attached hydrogens (tertiary/aromatic N) is 5. The first-order valence-electron chi connectivity index (χ1n) is 14.6. The fraction of sp³-hybridized carbons (Fsp3) is 0.483. The van der Waals surface area contributed by atoms with Gasteiger partial charge in [-0.25, -0.2) is 22.0 Å². The van der Waals surface area contributed by atoms with Crippen molar-refractivity contribution < 1.29 is 55.6 Å². The van der Waals surface area contributed by atoms with Crippen LogP contribution >= 0.6 is 0 Å². The van der Waals surface area contributed by atoms with Gasteiger partial charge in [-0.15, -0.1) is 0 Å². The number of carboxylic acid groups (broad SMARTS) is 1. The Morgan fingerprint density at radius 1 is 1.06 bits per heavy atom. The number of carbonyl (C=O) groups is 1. The number of aromatic nitrogens is 3. The van der Waals surface area contributed by atoms with E-state index in [0.29, 0.717) is 32.6 Å². The van der Waals surface area contributed by atoms with E-state index in [1.54, 1.807) is 12.4 Å². The first-order chi connectivity index (χ1) is 22.8. The standard InChI is InChI=1S/C23H26F2N6O2S.C4H11NO3.C2HF3O2/c1-34(32,33)31-11-15-10-29(14-22(15)28-31)18-9-21(26)23(19-8-16(24)5-6-20(19)25)30(13-18)12-17-4-2-3-7-27-17;5-4(1-6,2-7)3-8;3-2(4,5)1(6)7/h2-8,11,18,21,23H,9-10,12-14,26H2,1H3;6-8H,1-3,5H2;(H,6,7)/t18-,21+,23-;;/m1../s1. The van der Waals surface area contributed by atoms with E-state index in [9.17, 15) is 30.4 Å². The molecule has 8 N–H and O–H groups in total. The average molecular weight is 724 g/mol. The predicted molar refractivity (Wildman–Crippen MR) is 164 cm³/mol. The van der Waals surface area contributed by atoms with E-state index < -0.39 is 71.2 Å². The molecule has 2 aliphatic rings. The predicted octanol–water partition coefficient (Wildman–Crippen LogP) is 0.317. The van der Waals surface area contributed by atoms with Crippen LogP contribution in [0.25, 0.3) is 0 Å². The lowest BCUT2D eigenvalue weighted by Crippen LogP contribution is -2.55. The zero-order valence-electron chi connectivity index (χ0n) is 26.2. The molecular formula is C29H38F5N7O7S. The van der Waals surface area contributed by atoms with Gasteiger partial charge in [0, 0.05) is 61.8 Å². The second-order valence-corrected chi connectivity index (χ2v) is 13.5. The molecule has 1 saturated heterocycles. The van der Waals surface area contributed by atoms with Crippen molar-refractivity contribution in [3.8, 4) is 0 Å². The quantitative estimate of drug-likeness (QED) is 0.173. The Balaban J connectivity index is 0.000000363. The van der Waals surface area contributed by atoms with Gasteiger partial charge in [0.15, 0.2) is 0 Å². The number of hydrogen-bond acceptors (Lipinski definition) is 12. The highest BCUT2D eigenvalue weighted by Gasteiger charge is 2.41. The van der Waals surface area contributed by atoms with Crippen LogP contribution in [0.1, 0.15) is 35.0 Å². The number of halogens is 5. The summed E-state index contributed by atoms with van der Waals surface area (Å²) in [6.07, 6.45) is -0.123. The van der Waals surface area contributed by atoms with Gasteiger partial charge < -0.3 is 31.9 Å². The Morgan fingerprint density at radius 2 is 1.69 bits per heavy atom. The van der Waals surface area contributed by atoms with E-state index in [1.165, 1.54) is 6.07 Å². The molecule has 5 rings (SSSR count). The van der Waals surface area contributed by atoms with Crippen molar-refractivity contribution in [3.05, 3.63) is 82.9 Å². The van der Waals surface area contributed by atoms with Crippen molar-refractivity contribution in [1.82, 2.24) is 24.0 Å². The van der Waals surface area contributed by atoms with Crippen LogP contribution in [0.3, 0.4) is 0 Å². The molecule has 0 radical (unpaired) electrons. The summed E-state index contributed by atoms with van der Waals surface area (Å²) < 4.78 is 85.2. The topological polar surface area (TPSA) is 221 Å². The van der Waals surface area contributed by atoms with Crippen LogP contribution in [0.15, 0.2) is 48.8 Å². The number of pyridine rings is 1. The van der Waals surface area contributed by atoms with Crippen LogP contribution in [0.4, 0.5) is 22.0 Å². The molecule has 0 saturated carbocycles. The smallest absolute Gasteiger partial charge is 0.475 e. The molecule has 4 heterocycles. The largest absolute Gasteiger partial charge is 0.490 e. The molecule has 0 spiro atoms. The lowest BCUT2D eigenvalue weighted by Gasteiger charge is -2.46. The molecule has 1 fully saturated rings. The maximum atomic E-state index is 14.8. The second-order valence-electron chi connectivity index (χ2n) is 11.7. The van der Waals surface area contributed by atoms with Crippen LogP contribution in [0.5, 0.6) is 0 Å². The fourth-order valence-corrected chi connectivity index (χ4v) is 5.76. The molecule has 0 aliphatic carbocycles. The van der Waals surface area contributed by atoms with Crippen LogP contribution in [0.2, 0.25) is 0 Å². The van der Waals surface area contributed by atoms with Gasteiger partial charge in [-0.1, -0.05) is 6.07 Å². The van der Waals surface area contributed by atoms with E-state index in [1.807, 2.05) is 18.2 Å². The van der Waals surface area contributed by atoms with Crippen molar-refractivity contribution in [2.24, 2.45) is 11.5 Å². The lowest BCUT2D eigenvalue weighted by atomic mass is 9.87. The van der Waals surface area contributed by atoms with Crippen molar-refractivity contribution in [1.29, 1.82) is 0 Å². The highest BCUT2D eigenvalue weighted by molar-refractivity contribution is 7.89. The number of alkyl halides is 3. The fourth-order valence-electron chi connectivity index (χ4n) is 5.20. The summed E-state index contributed by atoms with van der Waals surface area (Å²) in [5, 5.41) is 36.4. The Labute approximate surface area is 278 Å². The molecule has 49 heavy (non-hydrogen) atoms. The molecule has 20 heteroatoms. The number of aliphatic hydroxyl groups excluding tert-OH is 3. The minimum atomic E-state index is -5.08. The first-order valence-corrected chi connectivity index (χ1v) is 16.4. The van der Waals surface area contributed by atoms with Crippen molar-refractivity contribution >= 4 is 16.0 Å². The Bertz CT molecular complexity index is 1630. The van der Waals surface area contributed by atoms with Crippen LogP contribution < -0.4 is 11.5 Å². The maximum absolute atomic E-state index is 14.8. The molecule has 2 aliphatic heterocycles. The number of benzene rings is 1. The third-order valence-electron chi connectivity index (χ3n) is 7.78. The lowest BCUT2D eigenvalue weighted by molar-refractivity contribution is -0.192. The van der Waals surface area contributed by atoms with Crippen LogP contribution in [-0.4, -0.2) is 115 Å². The van der Waals surface area contributed by atoms with Gasteiger partial charge >= 0.3 is 12.1 Å². The van der Waals surface area contributed by atoms with Crippen molar-refractivity contribution in [3.63, 3.8) is 0 Å². The summed E-state index contributed by atoms with van der Waals surface area (Å²) in [6, 6.07) is 8.18. The summed E-state index contributed by atoms with van der Waals surface area (Å²) in [4.78, 5) is 17.6. The van der Waals surface area contributed by atoms with E-state index in [-0.39, 0.29) is 11.6 Å². The minimum Gasteiger partial charge on any atom is -0.475 e. The van der Waals surface area contributed by atoms with E-state index >= 15 is 0 Å². The zero-order chi connectivity index (χ0) is 36.7. The minimum absolute atomic E-state index is 0.0347. The Hall–Kier alpha value is -3.63. The molecule has 3 aromatic rings. The van der Waals surface area contributed by atoms with Crippen LogP contribution in [0, 0.1) is 11.6 Å². The molecule has 3 atom stereocenters. The summed E-state index contributed by atoms with van der Waals surface area (Å²) in [5.41, 5.74) is 13.2. The molecular weight excluding hydrogens is 685 g/mol. The number of likely N-dealkylation sites (tertiary alicyclic amines) is 1. The number of aliphatic carboxylic acids is 1. The third kappa shape index (κ3) is 10.7. The van der Waals surface area contributed by atoms with E-state index in [4.69, 9.17) is 36.7 Å². The highest BCUT2D eigenvalue weighted by atomic mass is 32.2. The van der Waals surface area contributed by atoms with E-state index in [0.717, 1.165) is 39.4 Å². The van der Waals surface area contributed by atoms with Gasteiger partial charge in [-0.05, 0) is 36.8 Å². The number of aliphatic hydroxyl groups is 3. The average Bonchev–Trinajstić information content (AvgIpc) is 3.63. The molecule has 0 amide bonds. The Kier molecular flexibility index (Phi) is 13.3. The van der Waals surface area contributed by atoms with Crippen LogP contribution in [-0.2, 0) is 34.5 Å². The summed E-state index contributed by atoms with van der Waals surface area (Å²) in [5.74, 6) is -3.74. The van der Waals surface area contributed by atoms with Gasteiger partial charge in [-0.2, -0.15) is 22.4 Å². The molecule has 0 bridgehead atoms. The van der Waals surface area contributed by atoms with Gasteiger partial charge in [-0.3, -0.25) is 14.8 Å². The van der Waals surface area contributed by atoms with E-state index in [2.05, 4.69) is 19.9 Å². The highest BCUT2D eigenvalue weighted by Crippen LogP contribution is 2.37. The monoisotopic (exact) mass is 723 g/mol. The third-order valence-corrected chi connectivity index (χ3v) is 8.65. The molecule has 272 valence electrons. The number of rotatable bonds is 8. The number of carboxylic acids is 1. The molecule has 1 aromatic carbocycles. The number of hydrogen-bond donors (Lipinski definition) is 6. The second kappa shape index (κ2) is 16.4. The van der Waals surface area contributed by atoms with Gasteiger partial charge in [0.1, 0.15) is 11.6 Å². The normalized spacial score (nSPS) is 20.1. The molecule has 0 unspecified atom stereocenters. The number of piperidine rings is 1. The summed E-state index contributed by atoms with van der Waals surface area (Å²) >= 11 is 0. The van der Waals surface area contributed by atoms with Gasteiger partial charge in [0.25, 0.3) is 10.0 Å². The van der Waals surface area contributed by atoms with Crippen molar-refractivity contribution in [2.45, 2.75) is 55.9 Å². The summed E-state index contributed by atoms with van der Waals surface area (Å²) in [6.45, 7) is 0.858. The summed E-state index contributed by atoms with van der Waals surface area (Å²) in [7, 11) is -3.44. The first kappa shape index (κ1) is 39.8. The maximum Gasteiger partial charge on any atom is 0.490 e. The Morgan fingerprint density at radius 3 is 2.18 bits per heavy atom. The SMILES string of the molecule is CS(=O)(=O)n1cc2c(n1)CN([C@@H]1C[C@H](N)[C@@H](c3cc(F)ccc3F)N(Cc3ccccn3)C1)C2.NC(CO)(CO)CO.O=C(O)C(F)(F)F. The van der Waals surface area contributed by atoms with Crippen molar-refractivity contribution in [2.75, 3.05) is 32.6 Å².